The summed E-state index contributed by atoms with van der Waals surface area (Å²) in [5.41, 5.74) is 10.5. The number of nitrogens with zero attached hydrogens (tertiary/aromatic N) is 6. The highest BCUT2D eigenvalue weighted by atomic mass is 32.5. The molecule has 28 nitrogen and oxygen atoms in total. The Hall–Kier alpha value is -1.24. The molecule has 13 N–H and O–H groups in total. The van der Waals surface area contributed by atoms with E-state index in [0.717, 1.165) is 17.1 Å². The van der Waals surface area contributed by atoms with E-state index in [4.69, 9.17) is 41.8 Å². The van der Waals surface area contributed by atoms with E-state index < -0.39 is 104 Å². The van der Waals surface area contributed by atoms with E-state index >= 15 is 0 Å². The highest BCUT2D eigenvalue weighted by Crippen LogP contribution is 2.74. The van der Waals surface area contributed by atoms with Crippen LogP contribution in [-0.4, -0.2) is 124 Å². The molecule has 5 unspecified atom stereocenters. The fourth-order valence-electron chi connectivity index (χ4n) is 4.82. The van der Waals surface area contributed by atoms with Crippen molar-refractivity contribution in [1.82, 2.24) is 29.1 Å². The lowest BCUT2D eigenvalue weighted by atomic mass is 10.1. The van der Waals surface area contributed by atoms with Crippen LogP contribution in [0.3, 0.4) is 0 Å². The van der Waals surface area contributed by atoms with Crippen molar-refractivity contribution in [2.24, 2.45) is 0 Å². The van der Waals surface area contributed by atoms with Crippen molar-refractivity contribution in [2.45, 2.75) is 49.1 Å². The van der Waals surface area contributed by atoms with E-state index in [1.807, 2.05) is 0 Å². The van der Waals surface area contributed by atoms with Gasteiger partial charge in [0.2, 0.25) is 0 Å². The second-order valence-corrected chi connectivity index (χ2v) is 22.9. The van der Waals surface area contributed by atoms with Gasteiger partial charge in [0.15, 0.2) is 23.9 Å². The number of imidazole rings is 1. The van der Waals surface area contributed by atoms with Crippen LogP contribution in [0.4, 0.5) is 11.6 Å². The number of ether oxygens (including phenoxy) is 2. The summed E-state index contributed by atoms with van der Waals surface area (Å²) in [6, 6.07) is 1.19. The van der Waals surface area contributed by atoms with Gasteiger partial charge in [-0.1, -0.05) is 0 Å². The molecule has 0 aliphatic carbocycles. The molecule has 2 saturated heterocycles. The van der Waals surface area contributed by atoms with E-state index in [1.54, 1.807) is 0 Å². The molecule has 0 bridgehead atoms. The first kappa shape index (κ1) is 44.9. The highest BCUT2D eigenvalue weighted by molar-refractivity contribution is 8.15. The van der Waals surface area contributed by atoms with Gasteiger partial charge >= 0.3 is 41.5 Å². The molecule has 2 aliphatic rings. The van der Waals surface area contributed by atoms with Crippen LogP contribution in [0.5, 0.6) is 0 Å². The average Bonchev–Trinajstić information content (AvgIpc) is 3.67. The zero-order chi connectivity index (χ0) is 40.9. The minimum atomic E-state index is -6.06. The smallest absolute Gasteiger partial charge is 0.387 e. The van der Waals surface area contributed by atoms with Crippen LogP contribution in [0.15, 0.2) is 29.7 Å². The maximum Gasteiger partial charge on any atom is 0.488 e. The van der Waals surface area contributed by atoms with Crippen LogP contribution in [0.25, 0.3) is 11.2 Å². The second-order valence-electron chi connectivity index (χ2n) is 11.0. The molecule has 0 amide bonds. The number of nitrogen functional groups attached to an aromatic ring is 2. The minimum Gasteiger partial charge on any atom is -0.387 e. The number of aromatic nitrogens is 6. The van der Waals surface area contributed by atoms with Crippen LogP contribution in [0.2, 0.25) is 0 Å². The Bertz CT molecular complexity index is 2220. The fraction of sp³-hybridized carbons (Fsp3) is 0.526. The summed E-state index contributed by atoms with van der Waals surface area (Å²) in [5, 5.41) is 41.7. The van der Waals surface area contributed by atoms with Crippen LogP contribution < -0.4 is 17.2 Å². The summed E-state index contributed by atoms with van der Waals surface area (Å²) in [5.74, 6) is -0.141. The third-order valence-corrected chi connectivity index (χ3v) is 17.7. The van der Waals surface area contributed by atoms with Gasteiger partial charge in [0.25, 0.3) is 0 Å². The molecule has 13 atom stereocenters. The Morgan fingerprint density at radius 1 is 0.727 bits per heavy atom. The molecular weight excluding hydrogens is 911 g/mol. The van der Waals surface area contributed by atoms with Gasteiger partial charge in [-0.05, 0) is 41.5 Å². The summed E-state index contributed by atoms with van der Waals surface area (Å²) < 4.78 is 64.8. The van der Waals surface area contributed by atoms with Gasteiger partial charge in [-0.15, -0.1) is 0 Å². The van der Waals surface area contributed by atoms with Crippen molar-refractivity contribution in [3.8, 4) is 0 Å². The lowest BCUT2D eigenvalue weighted by Gasteiger charge is -2.25. The van der Waals surface area contributed by atoms with Gasteiger partial charge in [0.05, 0.1) is 19.5 Å². The number of anilines is 2. The number of fused-ring (bicyclic) bond motifs is 1. The monoisotopic (exact) mass is 940 g/mol. The molecule has 0 spiro atoms. The maximum absolute atomic E-state index is 12.5. The van der Waals surface area contributed by atoms with Gasteiger partial charge in [0.1, 0.15) is 54.3 Å². The molecule has 0 saturated carbocycles. The quantitative estimate of drug-likeness (QED) is 0.0658. The number of rotatable bonds is 16. The second kappa shape index (κ2) is 16.8. The molecule has 55 heavy (non-hydrogen) atoms. The number of hydrogen-bond acceptors (Lipinski definition) is 24. The molecule has 5 rings (SSSR count). The van der Waals surface area contributed by atoms with Gasteiger partial charge in [-0.25, -0.2) is 41.8 Å². The Morgan fingerprint density at radius 3 is 1.78 bits per heavy atom. The Kier molecular flexibility index (Phi) is 13.7. The third kappa shape index (κ3) is 11.1. The normalized spacial score (nSPS) is 31.3. The van der Waals surface area contributed by atoms with Crippen molar-refractivity contribution in [3.63, 3.8) is 0 Å². The van der Waals surface area contributed by atoms with Crippen molar-refractivity contribution in [2.75, 3.05) is 24.7 Å². The molecule has 2 fully saturated rings. The average molecular weight is 941 g/mol. The first-order chi connectivity index (χ1) is 25.3. The van der Waals surface area contributed by atoms with Gasteiger partial charge in [0, 0.05) is 6.20 Å². The molecule has 2 aliphatic heterocycles. The fourth-order valence-corrected chi connectivity index (χ4v) is 15.1. The number of nitrogens with two attached hydrogens (primary N) is 2. The Morgan fingerprint density at radius 2 is 1.24 bits per heavy atom. The first-order valence-corrected chi connectivity index (χ1v) is 25.1. The topological polar surface area (TPSA) is 421 Å². The van der Waals surface area contributed by atoms with Gasteiger partial charge in [-0.3, -0.25) is 9.13 Å². The van der Waals surface area contributed by atoms with Crippen LogP contribution in [0.1, 0.15) is 12.5 Å². The van der Waals surface area contributed by atoms with E-state index in [1.165, 1.54) is 17.0 Å². The van der Waals surface area contributed by atoms with Crippen molar-refractivity contribution in [3.05, 3.63) is 35.4 Å². The predicted molar refractivity (Wildman–Crippen MR) is 190 cm³/mol. The predicted octanol–water partition coefficient (Wildman–Crippen LogP) is -2.56. The van der Waals surface area contributed by atoms with Gasteiger partial charge in [-0.2, -0.15) is 9.29 Å². The van der Waals surface area contributed by atoms with E-state index in [-0.39, 0.29) is 22.8 Å². The third-order valence-electron chi connectivity index (χ3n) is 7.09. The zero-order valence-electron chi connectivity index (χ0n) is 26.7. The SMILES string of the molecule is Nc1ccn([C@@H]2O[C@H](COP(O)(=S)OP(=O)(O)OP(=O)(O)OP(O)(=S)OP(O)(=S)OC[C@H]3O[C@@H](n4cnc5c(N)ncnc54)[C@H](O)[C@@H]3O)[C@@H](O)[C@H]2O)c(=O)n1. The lowest BCUT2D eigenvalue weighted by Crippen LogP contribution is -2.36. The molecule has 0 radical (unpaired) electrons. The minimum absolute atomic E-state index is 0.0138. The summed E-state index contributed by atoms with van der Waals surface area (Å²) in [6.07, 6.45) is -9.35. The van der Waals surface area contributed by atoms with E-state index in [0.29, 0.717) is 0 Å². The largest absolute Gasteiger partial charge is 0.488 e. The molecule has 308 valence electrons. The van der Waals surface area contributed by atoms with E-state index in [2.05, 4.69) is 60.8 Å². The van der Waals surface area contributed by atoms with Crippen LogP contribution >= 0.6 is 35.8 Å². The van der Waals surface area contributed by atoms with Gasteiger partial charge < -0.3 is 74.9 Å². The number of hydrogen-bond donors (Lipinski definition) is 11. The Balaban J connectivity index is 1.13. The van der Waals surface area contributed by atoms with E-state index in [9.17, 15) is 58.8 Å². The number of aliphatic hydroxyl groups is 4. The summed E-state index contributed by atoms with van der Waals surface area (Å²) in [4.78, 5) is 78.4. The maximum atomic E-state index is 12.5. The molecule has 3 aromatic heterocycles. The van der Waals surface area contributed by atoms with Crippen molar-refractivity contribution in [1.29, 1.82) is 0 Å². The number of aliphatic hydroxyl groups excluding tert-OH is 4. The highest BCUT2D eigenvalue weighted by Gasteiger charge is 2.48. The van der Waals surface area contributed by atoms with Crippen molar-refractivity contribution >= 4 is 94.0 Å². The molecule has 0 aromatic carbocycles. The molecular formula is C19H29N8O20P5S3. The summed E-state index contributed by atoms with van der Waals surface area (Å²) in [7, 11) is -12.1. The van der Waals surface area contributed by atoms with Crippen molar-refractivity contribution < 1.29 is 89.8 Å². The first-order valence-electron chi connectivity index (χ1n) is 14.4. The zero-order valence-corrected chi connectivity index (χ0v) is 33.6. The van der Waals surface area contributed by atoms with Crippen LogP contribution in [-0.2, 0) is 80.3 Å². The number of phosphoric acid groups is 2. The summed E-state index contributed by atoms with van der Waals surface area (Å²) >= 11 is 13.8. The molecule has 36 heteroatoms. The van der Waals surface area contributed by atoms with Crippen LogP contribution in [0, 0.1) is 0 Å². The molecule has 5 heterocycles. The molecule has 3 aromatic rings. The lowest BCUT2D eigenvalue weighted by molar-refractivity contribution is -0.0526. The standard InChI is InChI=1S/C19H29N8O20P5S3/c20-9-1-2-26(19(32)25-9)17-13(30)11(28)7(42-17)3-40-50(37,53)45-48(33,34)44-49(35,36)46-52(39,55)47-51(38,54)41-4-8-12(29)14(31)18(43-8)27-6-24-10-15(21)22-5-23-16(10)27/h1-2,5-8,11-14,17-18,28-31H,3-4H2,(H,33,34)(H,35,36)(H,37,53)(H,38,54)(H,39,55)(H2,20,25,32)(H2,21,22,23)/t7-,8-,11-,12-,13-,14-,17-,18-,50?,51?,52?/m1/s1. The summed E-state index contributed by atoms with van der Waals surface area (Å²) in [6.45, 7) is -16.8. The Labute approximate surface area is 321 Å².